The molecule has 6 heteroatoms. The average molecular weight is 418 g/mol. The zero-order chi connectivity index (χ0) is 15.3. The number of benzene rings is 1. The van der Waals surface area contributed by atoms with Gasteiger partial charge in [-0.15, -0.1) is 24.0 Å². The van der Waals surface area contributed by atoms with Gasteiger partial charge in [0.1, 0.15) is 0 Å². The van der Waals surface area contributed by atoms with E-state index in [0.717, 1.165) is 31.9 Å². The molecule has 1 amide bonds. The molecule has 0 atom stereocenters. The summed E-state index contributed by atoms with van der Waals surface area (Å²) in [5.41, 5.74) is 0.681. The van der Waals surface area contributed by atoms with E-state index < -0.39 is 0 Å². The number of aliphatic imine (C=N–C) groups is 1. The monoisotopic (exact) mass is 418 g/mol. The number of amides is 1. The van der Waals surface area contributed by atoms with Crippen LogP contribution >= 0.6 is 24.0 Å². The van der Waals surface area contributed by atoms with Gasteiger partial charge in [-0.1, -0.05) is 31.5 Å². The van der Waals surface area contributed by atoms with Crippen LogP contribution in [0.4, 0.5) is 0 Å². The van der Waals surface area contributed by atoms with Gasteiger partial charge < -0.3 is 16.0 Å². The highest BCUT2D eigenvalue weighted by Crippen LogP contribution is 1.96. The highest BCUT2D eigenvalue weighted by atomic mass is 127. The second-order valence-corrected chi connectivity index (χ2v) is 4.66. The smallest absolute Gasteiger partial charge is 0.251 e. The molecular weight excluding hydrogens is 391 g/mol. The first kappa shape index (κ1) is 20.7. The van der Waals surface area contributed by atoms with Gasteiger partial charge in [-0.05, 0) is 25.5 Å². The van der Waals surface area contributed by atoms with Crippen molar-refractivity contribution in [2.24, 2.45) is 4.99 Å². The van der Waals surface area contributed by atoms with E-state index in [2.05, 4.69) is 27.9 Å². The van der Waals surface area contributed by atoms with Crippen molar-refractivity contribution in [2.75, 3.05) is 26.2 Å². The molecule has 1 aromatic rings. The van der Waals surface area contributed by atoms with E-state index in [1.807, 2.05) is 25.1 Å². The number of carbonyl (C=O) groups excluding carboxylic acids is 1. The summed E-state index contributed by atoms with van der Waals surface area (Å²) < 4.78 is 0. The summed E-state index contributed by atoms with van der Waals surface area (Å²) in [5.74, 6) is 0.755. The van der Waals surface area contributed by atoms with Crippen LogP contribution in [-0.4, -0.2) is 38.0 Å². The summed E-state index contributed by atoms with van der Waals surface area (Å²) in [4.78, 5) is 16.3. The van der Waals surface area contributed by atoms with Crippen LogP contribution in [0.1, 0.15) is 37.0 Å². The molecule has 0 saturated heterocycles. The van der Waals surface area contributed by atoms with E-state index in [9.17, 15) is 4.79 Å². The van der Waals surface area contributed by atoms with Crippen LogP contribution in [0.25, 0.3) is 0 Å². The number of hydrogen-bond donors (Lipinski definition) is 3. The molecule has 0 heterocycles. The van der Waals surface area contributed by atoms with Crippen LogP contribution in [0.3, 0.4) is 0 Å². The predicted octanol–water partition coefficient (Wildman–Crippen LogP) is 2.39. The van der Waals surface area contributed by atoms with Crippen LogP contribution in [0, 0.1) is 0 Å². The summed E-state index contributed by atoms with van der Waals surface area (Å²) in [6.45, 7) is 7.04. The van der Waals surface area contributed by atoms with E-state index >= 15 is 0 Å². The minimum atomic E-state index is -0.0506. The van der Waals surface area contributed by atoms with Crippen molar-refractivity contribution in [3.63, 3.8) is 0 Å². The van der Waals surface area contributed by atoms with E-state index in [4.69, 9.17) is 0 Å². The molecular formula is C16H27IN4O. The van der Waals surface area contributed by atoms with Gasteiger partial charge in [0.25, 0.3) is 5.91 Å². The number of guanidine groups is 1. The van der Waals surface area contributed by atoms with Crippen LogP contribution in [0.2, 0.25) is 0 Å². The summed E-state index contributed by atoms with van der Waals surface area (Å²) in [7, 11) is 0. The number of hydrogen-bond acceptors (Lipinski definition) is 2. The minimum absolute atomic E-state index is 0. The third-order valence-electron chi connectivity index (χ3n) is 2.86. The lowest BCUT2D eigenvalue weighted by Crippen LogP contribution is -2.41. The number of unbranched alkanes of at least 4 members (excludes halogenated alkanes) is 1. The second-order valence-electron chi connectivity index (χ2n) is 4.66. The Balaban J connectivity index is 0.00000441. The summed E-state index contributed by atoms with van der Waals surface area (Å²) in [6.07, 6.45) is 2.22. The van der Waals surface area contributed by atoms with E-state index in [1.165, 1.54) is 0 Å². The lowest BCUT2D eigenvalue weighted by molar-refractivity contribution is 0.0954. The van der Waals surface area contributed by atoms with Gasteiger partial charge in [-0.25, -0.2) is 0 Å². The molecule has 22 heavy (non-hydrogen) atoms. The van der Waals surface area contributed by atoms with Crippen molar-refractivity contribution in [1.82, 2.24) is 16.0 Å². The van der Waals surface area contributed by atoms with Gasteiger partial charge in [0, 0.05) is 31.7 Å². The lowest BCUT2D eigenvalue weighted by Gasteiger charge is -2.11. The fraction of sp³-hybridized carbons (Fsp3) is 0.500. The molecule has 0 unspecified atom stereocenters. The molecule has 124 valence electrons. The normalized spacial score (nSPS) is 10.5. The molecule has 0 spiro atoms. The van der Waals surface area contributed by atoms with Gasteiger partial charge in [-0.3, -0.25) is 9.79 Å². The largest absolute Gasteiger partial charge is 0.357 e. The third kappa shape index (κ3) is 8.86. The van der Waals surface area contributed by atoms with Crippen molar-refractivity contribution in [3.8, 4) is 0 Å². The van der Waals surface area contributed by atoms with Crippen molar-refractivity contribution < 1.29 is 4.79 Å². The Morgan fingerprint density at radius 3 is 2.36 bits per heavy atom. The Morgan fingerprint density at radius 1 is 1.05 bits per heavy atom. The van der Waals surface area contributed by atoms with Crippen molar-refractivity contribution >= 4 is 35.8 Å². The van der Waals surface area contributed by atoms with Gasteiger partial charge in [0.05, 0.1) is 0 Å². The first-order valence-electron chi connectivity index (χ1n) is 7.63. The Bertz CT molecular complexity index is 437. The molecule has 1 aromatic carbocycles. The first-order valence-corrected chi connectivity index (χ1v) is 7.63. The van der Waals surface area contributed by atoms with Gasteiger partial charge in [0.15, 0.2) is 5.96 Å². The minimum Gasteiger partial charge on any atom is -0.357 e. The van der Waals surface area contributed by atoms with Crippen LogP contribution in [0.15, 0.2) is 35.3 Å². The molecule has 3 N–H and O–H groups in total. The first-order chi connectivity index (χ1) is 10.3. The van der Waals surface area contributed by atoms with Crippen molar-refractivity contribution in [2.45, 2.75) is 26.7 Å². The van der Waals surface area contributed by atoms with Crippen molar-refractivity contribution in [1.29, 1.82) is 0 Å². The number of carbonyl (C=O) groups is 1. The number of halogens is 1. The fourth-order valence-electron chi connectivity index (χ4n) is 1.74. The lowest BCUT2D eigenvalue weighted by atomic mass is 10.2. The number of nitrogens with one attached hydrogen (secondary N) is 3. The average Bonchev–Trinajstić information content (AvgIpc) is 2.52. The molecule has 0 saturated carbocycles. The third-order valence-corrected chi connectivity index (χ3v) is 2.86. The zero-order valence-electron chi connectivity index (χ0n) is 13.4. The van der Waals surface area contributed by atoms with Crippen LogP contribution < -0.4 is 16.0 Å². The summed E-state index contributed by atoms with van der Waals surface area (Å²) >= 11 is 0. The van der Waals surface area contributed by atoms with E-state index in [0.29, 0.717) is 18.7 Å². The molecule has 0 aliphatic heterocycles. The van der Waals surface area contributed by atoms with Gasteiger partial charge in [-0.2, -0.15) is 0 Å². The molecule has 0 bridgehead atoms. The van der Waals surface area contributed by atoms with Crippen molar-refractivity contribution in [3.05, 3.63) is 35.9 Å². The van der Waals surface area contributed by atoms with E-state index in [-0.39, 0.29) is 29.9 Å². The second kappa shape index (κ2) is 13.4. The predicted molar refractivity (Wildman–Crippen MR) is 103 cm³/mol. The van der Waals surface area contributed by atoms with E-state index in [1.54, 1.807) is 12.1 Å². The fourth-order valence-corrected chi connectivity index (χ4v) is 1.74. The van der Waals surface area contributed by atoms with Crippen LogP contribution in [-0.2, 0) is 0 Å². The number of rotatable bonds is 8. The van der Waals surface area contributed by atoms with Crippen LogP contribution in [0.5, 0.6) is 0 Å². The Morgan fingerprint density at radius 2 is 1.73 bits per heavy atom. The molecule has 5 nitrogen and oxygen atoms in total. The quantitative estimate of drug-likeness (QED) is 0.263. The topological polar surface area (TPSA) is 65.5 Å². The van der Waals surface area contributed by atoms with Gasteiger partial charge >= 0.3 is 0 Å². The molecule has 0 aliphatic rings. The maximum absolute atomic E-state index is 11.8. The standard InChI is InChI=1S/C16H26N4O.HI/c1-3-5-11-19-16(17-4-2)20-13-12-18-15(21)14-9-7-6-8-10-14;/h6-10H,3-5,11-13H2,1-2H3,(H,18,21)(H2,17,19,20);1H. The molecule has 1 rings (SSSR count). The molecule has 0 fully saturated rings. The highest BCUT2D eigenvalue weighted by Gasteiger charge is 2.03. The summed E-state index contributed by atoms with van der Waals surface area (Å²) in [5, 5.41) is 9.28. The Labute approximate surface area is 150 Å². The SMILES string of the molecule is CCCCN=C(NCC)NCCNC(=O)c1ccccc1.I. The maximum atomic E-state index is 11.8. The van der Waals surface area contributed by atoms with Gasteiger partial charge in [0.2, 0.25) is 0 Å². The molecule has 0 radical (unpaired) electrons. The Hall–Kier alpha value is -1.31. The Kier molecular flexibility index (Phi) is 12.6. The molecule has 0 aliphatic carbocycles. The molecule has 0 aromatic heterocycles. The number of nitrogens with zero attached hydrogens (tertiary/aromatic N) is 1. The maximum Gasteiger partial charge on any atom is 0.251 e. The highest BCUT2D eigenvalue weighted by molar-refractivity contribution is 14.0. The zero-order valence-corrected chi connectivity index (χ0v) is 15.7. The summed E-state index contributed by atoms with van der Waals surface area (Å²) in [6, 6.07) is 9.22.